The third-order valence-electron chi connectivity index (χ3n) is 3.26. The second-order valence-electron chi connectivity index (χ2n) is 8.08. The molecule has 6 nitrogen and oxygen atoms in total. The smallest absolute Gasteiger partial charge is 0.362 e. The number of benzene rings is 1. The van der Waals surface area contributed by atoms with Gasteiger partial charge in [0.1, 0.15) is 5.75 Å². The monoisotopic (exact) mass is 434 g/mol. The van der Waals surface area contributed by atoms with E-state index in [2.05, 4.69) is 19.6 Å². The molecule has 0 aliphatic rings. The van der Waals surface area contributed by atoms with E-state index in [0.717, 1.165) is 0 Å². The van der Waals surface area contributed by atoms with Crippen LogP contribution in [0.5, 0.6) is 11.5 Å². The maximum atomic E-state index is 13.5. The van der Waals surface area contributed by atoms with Crippen LogP contribution in [0.25, 0.3) is 0 Å². The molecule has 1 aromatic carbocycles. The van der Waals surface area contributed by atoms with Crippen LogP contribution in [0.4, 0.5) is 0 Å². The predicted molar refractivity (Wildman–Crippen MR) is 115 cm³/mol. The Morgan fingerprint density at radius 3 is 1.89 bits per heavy atom. The van der Waals surface area contributed by atoms with Gasteiger partial charge in [-0.25, -0.2) is 0 Å². The van der Waals surface area contributed by atoms with Gasteiger partial charge in [0.25, 0.3) is 0 Å². The third-order valence-corrected chi connectivity index (χ3v) is 7.45. The van der Waals surface area contributed by atoms with Crippen LogP contribution in [0, 0.1) is 0 Å². The molecule has 0 radical (unpaired) electrons. The van der Waals surface area contributed by atoms with E-state index in [1.165, 1.54) is 0 Å². The highest BCUT2D eigenvalue weighted by molar-refractivity contribution is 7.54. The van der Waals surface area contributed by atoms with Gasteiger partial charge < -0.3 is 22.6 Å². The summed E-state index contributed by atoms with van der Waals surface area (Å²) in [5, 5.41) is 0. The van der Waals surface area contributed by atoms with Gasteiger partial charge in [-0.05, 0) is 70.8 Å². The zero-order chi connectivity index (χ0) is 20.9. The van der Waals surface area contributed by atoms with Gasteiger partial charge in [-0.1, -0.05) is 6.07 Å². The molecule has 1 rings (SSSR count). The Balaban J connectivity index is 3.43. The molecule has 156 valence electrons. The summed E-state index contributed by atoms with van der Waals surface area (Å²) in [6.45, 7) is 16.6. The minimum Gasteiger partial charge on any atom is -0.542 e. The van der Waals surface area contributed by atoms with Crippen molar-refractivity contribution in [3.8, 4) is 11.5 Å². The van der Waals surface area contributed by atoms with Gasteiger partial charge in [-0.3, -0.25) is 4.57 Å². The Labute approximate surface area is 166 Å². The van der Waals surface area contributed by atoms with E-state index in [4.69, 9.17) is 22.6 Å². The van der Waals surface area contributed by atoms with Crippen molar-refractivity contribution in [2.75, 3.05) is 20.3 Å². The van der Waals surface area contributed by atoms with Crippen molar-refractivity contribution >= 4 is 24.2 Å². The Morgan fingerprint density at radius 1 is 0.926 bits per heavy atom. The topological polar surface area (TPSA) is 63.2 Å². The Bertz CT molecular complexity index is 644. The van der Waals surface area contributed by atoms with Crippen LogP contribution in [0.15, 0.2) is 18.2 Å². The zero-order valence-electron chi connectivity index (χ0n) is 18.1. The number of methoxy groups -OCH3 is 1. The fraction of sp³-hybridized carbons (Fsp3) is 0.667. The van der Waals surface area contributed by atoms with E-state index >= 15 is 0 Å². The highest BCUT2D eigenvalue weighted by Gasteiger charge is 2.41. The van der Waals surface area contributed by atoms with Crippen molar-refractivity contribution < 1.29 is 27.2 Å². The van der Waals surface area contributed by atoms with Crippen molar-refractivity contribution in [2.45, 2.75) is 59.0 Å². The molecule has 0 saturated heterocycles. The van der Waals surface area contributed by atoms with Crippen molar-refractivity contribution in [3.05, 3.63) is 23.8 Å². The molecule has 0 N–H and O–H groups in total. The summed E-state index contributed by atoms with van der Waals surface area (Å²) in [6.07, 6.45) is 0. The van der Waals surface area contributed by atoms with Crippen LogP contribution < -0.4 is 9.16 Å². The lowest BCUT2D eigenvalue weighted by atomic mass is 10.2. The lowest BCUT2D eigenvalue weighted by Crippen LogP contribution is -2.30. The molecule has 0 bridgehead atoms. The molecule has 1 aromatic rings. The molecule has 1 atom stereocenters. The van der Waals surface area contributed by atoms with Crippen molar-refractivity contribution in [2.24, 2.45) is 0 Å². The number of hydrogen-bond acceptors (Lipinski definition) is 6. The Kier molecular flexibility index (Phi) is 8.78. The van der Waals surface area contributed by atoms with Gasteiger partial charge in [0.2, 0.25) is 8.32 Å². The van der Waals surface area contributed by atoms with Crippen molar-refractivity contribution in [1.82, 2.24) is 0 Å². The van der Waals surface area contributed by atoms with E-state index in [1.54, 1.807) is 21.0 Å². The molecule has 0 amide bonds. The average molecular weight is 435 g/mol. The minimum atomic E-state index is -3.51. The first-order valence-corrected chi connectivity index (χ1v) is 17.7. The summed E-state index contributed by atoms with van der Waals surface area (Å²) < 4.78 is 42.5. The summed E-state index contributed by atoms with van der Waals surface area (Å²) in [5.74, 6) is 0.451. The molecule has 27 heavy (non-hydrogen) atoms. The van der Waals surface area contributed by atoms with Gasteiger partial charge in [-0.15, -0.1) is 0 Å². The van der Waals surface area contributed by atoms with E-state index in [9.17, 15) is 4.57 Å². The van der Waals surface area contributed by atoms with Gasteiger partial charge in [-0.2, -0.15) is 0 Å². The number of ether oxygens (including phenoxy) is 1. The molecule has 0 spiro atoms. The summed E-state index contributed by atoms with van der Waals surface area (Å²) in [4.78, 5) is 0. The highest BCUT2D eigenvalue weighted by atomic mass is 31.2. The molecule has 0 aromatic heterocycles. The molecule has 0 aliphatic heterocycles. The highest BCUT2D eigenvalue weighted by Crippen LogP contribution is 2.62. The van der Waals surface area contributed by atoms with Crippen LogP contribution in [-0.4, -0.2) is 37.0 Å². The second-order valence-corrected chi connectivity index (χ2v) is 19.0. The van der Waals surface area contributed by atoms with Gasteiger partial charge >= 0.3 is 7.60 Å². The molecule has 0 aliphatic carbocycles. The van der Waals surface area contributed by atoms with E-state index < -0.39 is 30.1 Å². The normalized spacial score (nSPS) is 14.1. The molecular weight excluding hydrogens is 399 g/mol. The summed E-state index contributed by atoms with van der Waals surface area (Å²) in [6, 6.07) is 5.51. The van der Waals surface area contributed by atoms with E-state index in [0.29, 0.717) is 17.1 Å². The van der Waals surface area contributed by atoms with Gasteiger partial charge in [0.15, 0.2) is 19.9 Å². The summed E-state index contributed by atoms with van der Waals surface area (Å²) >= 11 is 0. The number of rotatable bonds is 11. The minimum absolute atomic E-state index is 0.275. The van der Waals surface area contributed by atoms with Crippen LogP contribution in [-0.2, 0) is 18.0 Å². The van der Waals surface area contributed by atoms with E-state index in [1.807, 2.05) is 37.8 Å². The Morgan fingerprint density at radius 2 is 1.48 bits per heavy atom. The lowest BCUT2D eigenvalue weighted by Gasteiger charge is -2.32. The predicted octanol–water partition coefficient (Wildman–Crippen LogP) is 6.03. The fourth-order valence-electron chi connectivity index (χ4n) is 2.43. The summed E-state index contributed by atoms with van der Waals surface area (Å²) in [7, 11) is -5.76. The van der Waals surface area contributed by atoms with Crippen LogP contribution in [0.2, 0.25) is 39.3 Å². The van der Waals surface area contributed by atoms with Crippen LogP contribution in [0.1, 0.15) is 25.3 Å². The molecule has 9 heteroatoms. The van der Waals surface area contributed by atoms with Crippen molar-refractivity contribution in [1.29, 1.82) is 0 Å². The summed E-state index contributed by atoms with van der Waals surface area (Å²) in [5.41, 5.74) is 0.697. The quantitative estimate of drug-likeness (QED) is 0.313. The standard InChI is InChI=1S/C18H35O6PSi2/c1-10-21-25(19,22-11-2)18(24-27(7,8)9)15-12-13-16(17(14-15)20-3)23-26(4,5)6/h12-14,18H,10-11H2,1-9H3. The molecule has 0 saturated carbocycles. The lowest BCUT2D eigenvalue weighted by molar-refractivity contribution is 0.158. The second kappa shape index (κ2) is 9.72. The van der Waals surface area contributed by atoms with Crippen LogP contribution in [0.3, 0.4) is 0 Å². The van der Waals surface area contributed by atoms with E-state index in [-0.39, 0.29) is 13.2 Å². The van der Waals surface area contributed by atoms with Crippen molar-refractivity contribution in [3.63, 3.8) is 0 Å². The number of hydrogen-bond donors (Lipinski definition) is 0. The first-order valence-electron chi connectivity index (χ1n) is 9.28. The molecule has 0 fully saturated rings. The van der Waals surface area contributed by atoms with Crippen LogP contribution >= 0.6 is 7.60 Å². The Hall–Kier alpha value is -0.636. The average Bonchev–Trinajstić information content (AvgIpc) is 2.51. The fourth-order valence-corrected chi connectivity index (χ4v) is 7.12. The van der Waals surface area contributed by atoms with Gasteiger partial charge in [0, 0.05) is 0 Å². The first kappa shape index (κ1) is 24.4. The SMILES string of the molecule is CCOP(=O)(OCC)C(O[Si](C)(C)C)c1ccc(O[Si](C)(C)C)c(OC)c1. The third kappa shape index (κ3) is 7.71. The molecule has 0 heterocycles. The maximum Gasteiger partial charge on any atom is 0.362 e. The maximum absolute atomic E-state index is 13.5. The molecule has 1 unspecified atom stereocenters. The largest absolute Gasteiger partial charge is 0.542 e. The first-order chi connectivity index (χ1) is 12.3. The van der Waals surface area contributed by atoms with Gasteiger partial charge in [0.05, 0.1) is 20.3 Å². The zero-order valence-corrected chi connectivity index (χ0v) is 21.0. The molecular formula is C18H35O6PSi2.